The Kier molecular flexibility index (Phi) is 5.43. The van der Waals surface area contributed by atoms with E-state index in [9.17, 15) is 8.42 Å². The van der Waals surface area contributed by atoms with E-state index in [0.29, 0.717) is 48.9 Å². The summed E-state index contributed by atoms with van der Waals surface area (Å²) in [6, 6.07) is 14.6. The highest BCUT2D eigenvalue weighted by atomic mass is 32.2. The summed E-state index contributed by atoms with van der Waals surface area (Å²) in [5.41, 5.74) is 2.83. The quantitative estimate of drug-likeness (QED) is 0.441. The Morgan fingerprint density at radius 3 is 2.42 bits per heavy atom. The molecule has 2 aromatic carbocycles. The van der Waals surface area contributed by atoms with Crippen molar-refractivity contribution in [1.29, 1.82) is 0 Å². The van der Waals surface area contributed by atoms with Gasteiger partial charge < -0.3 is 9.64 Å². The van der Waals surface area contributed by atoms with Crippen LogP contribution in [-0.2, 0) is 10.0 Å². The summed E-state index contributed by atoms with van der Waals surface area (Å²) in [6.45, 7) is 3.48. The van der Waals surface area contributed by atoms with E-state index < -0.39 is 10.0 Å². The van der Waals surface area contributed by atoms with Gasteiger partial charge in [0, 0.05) is 26.2 Å². The third-order valence-electron chi connectivity index (χ3n) is 5.76. The third-order valence-corrected chi connectivity index (χ3v) is 7.66. The van der Waals surface area contributed by atoms with Crippen LogP contribution in [0.4, 0.5) is 5.82 Å². The molecule has 3 heterocycles. The number of aryl methyl sites for hydroxylation is 1. The molecule has 0 atom stereocenters. The molecule has 0 aliphatic carbocycles. The molecule has 1 aliphatic heterocycles. The van der Waals surface area contributed by atoms with Gasteiger partial charge in [-0.05, 0) is 42.8 Å². The first-order valence-electron chi connectivity index (χ1n) is 10.5. The van der Waals surface area contributed by atoms with Gasteiger partial charge in [-0.25, -0.2) is 18.4 Å². The smallest absolute Gasteiger partial charge is 0.243 e. The van der Waals surface area contributed by atoms with Crippen molar-refractivity contribution in [2.24, 2.45) is 0 Å². The Labute approximate surface area is 191 Å². The highest BCUT2D eigenvalue weighted by Gasteiger charge is 2.30. The predicted octanol–water partition coefficient (Wildman–Crippen LogP) is 2.04. The third kappa shape index (κ3) is 3.79. The van der Waals surface area contributed by atoms with Crippen LogP contribution in [0.1, 0.15) is 5.56 Å². The van der Waals surface area contributed by atoms with Crippen LogP contribution >= 0.6 is 0 Å². The molecule has 0 N–H and O–H groups in total. The molecule has 0 saturated carbocycles. The van der Waals surface area contributed by atoms with E-state index in [1.165, 1.54) is 10.6 Å². The first kappa shape index (κ1) is 21.3. The Bertz CT molecular complexity index is 1400. The van der Waals surface area contributed by atoms with Gasteiger partial charge in [-0.15, -0.1) is 5.10 Å². The summed E-state index contributed by atoms with van der Waals surface area (Å²) in [6.07, 6.45) is 1.49. The molecule has 10 nitrogen and oxygen atoms in total. The van der Waals surface area contributed by atoms with Crippen LogP contribution in [0.3, 0.4) is 0 Å². The minimum absolute atomic E-state index is 0.268. The van der Waals surface area contributed by atoms with Crippen molar-refractivity contribution in [3.8, 4) is 11.4 Å². The largest absolute Gasteiger partial charge is 0.496 e. The first-order chi connectivity index (χ1) is 16.0. The van der Waals surface area contributed by atoms with Crippen molar-refractivity contribution in [2.75, 3.05) is 38.2 Å². The van der Waals surface area contributed by atoms with Crippen LogP contribution in [0.5, 0.6) is 5.75 Å². The van der Waals surface area contributed by atoms with Crippen LogP contribution in [0.15, 0.2) is 59.8 Å². The molecule has 0 bridgehead atoms. The average molecular weight is 466 g/mol. The maximum Gasteiger partial charge on any atom is 0.243 e. The zero-order valence-electron chi connectivity index (χ0n) is 18.3. The van der Waals surface area contributed by atoms with Gasteiger partial charge in [0.05, 0.1) is 17.7 Å². The maximum atomic E-state index is 13.2. The molecule has 2 aromatic heterocycles. The van der Waals surface area contributed by atoms with Crippen LogP contribution < -0.4 is 9.64 Å². The number of nitrogens with zero attached hydrogens (tertiary/aromatic N) is 7. The Morgan fingerprint density at radius 2 is 1.73 bits per heavy atom. The molecule has 33 heavy (non-hydrogen) atoms. The van der Waals surface area contributed by atoms with Gasteiger partial charge >= 0.3 is 0 Å². The van der Waals surface area contributed by atoms with Crippen molar-refractivity contribution >= 4 is 27.0 Å². The summed E-state index contributed by atoms with van der Waals surface area (Å²) in [5, 5.41) is 8.57. The topological polar surface area (TPSA) is 106 Å². The summed E-state index contributed by atoms with van der Waals surface area (Å²) in [5.74, 6) is 1.31. The molecular weight excluding hydrogens is 442 g/mol. The molecule has 0 amide bonds. The Morgan fingerprint density at radius 1 is 0.970 bits per heavy atom. The number of ether oxygens (including phenoxy) is 1. The molecule has 0 unspecified atom stereocenters. The fourth-order valence-electron chi connectivity index (χ4n) is 4.01. The van der Waals surface area contributed by atoms with Crippen molar-refractivity contribution < 1.29 is 13.2 Å². The summed E-state index contributed by atoms with van der Waals surface area (Å²) in [4.78, 5) is 11.1. The summed E-state index contributed by atoms with van der Waals surface area (Å²) < 4.78 is 34.8. The summed E-state index contributed by atoms with van der Waals surface area (Å²) in [7, 11) is -2.04. The van der Waals surface area contributed by atoms with Crippen molar-refractivity contribution in [3.63, 3.8) is 0 Å². The minimum Gasteiger partial charge on any atom is -0.496 e. The van der Waals surface area contributed by atoms with Crippen molar-refractivity contribution in [1.82, 2.24) is 29.3 Å². The first-order valence-corrected chi connectivity index (χ1v) is 11.9. The SMILES string of the molecule is COc1ccc(S(=O)(=O)N2CCN(c3ncnc4c3nnn4-c3ccccc3)CC2)cc1C. The Hall–Kier alpha value is -3.57. The van der Waals surface area contributed by atoms with Crippen LogP contribution in [0, 0.1) is 6.92 Å². The number of benzene rings is 2. The molecule has 0 spiro atoms. The van der Waals surface area contributed by atoms with Gasteiger partial charge in [0.25, 0.3) is 0 Å². The maximum absolute atomic E-state index is 13.2. The summed E-state index contributed by atoms with van der Waals surface area (Å²) >= 11 is 0. The van der Waals surface area contributed by atoms with Gasteiger partial charge in [0.2, 0.25) is 10.0 Å². The number of anilines is 1. The number of rotatable bonds is 5. The standard InChI is InChI=1S/C22H23N7O3S/c1-16-14-18(8-9-19(16)32-2)33(30,31)28-12-10-27(11-13-28)21-20-22(24-15-23-21)29(26-25-20)17-6-4-3-5-7-17/h3-9,14-15H,10-13H2,1-2H3. The van der Waals surface area contributed by atoms with E-state index in [-0.39, 0.29) is 4.90 Å². The van der Waals surface area contributed by atoms with E-state index in [1.54, 1.807) is 30.0 Å². The van der Waals surface area contributed by atoms with E-state index >= 15 is 0 Å². The van der Waals surface area contributed by atoms with Crippen molar-refractivity contribution in [2.45, 2.75) is 11.8 Å². The molecule has 1 fully saturated rings. The molecule has 1 aliphatic rings. The highest BCUT2D eigenvalue weighted by Crippen LogP contribution is 2.27. The fourth-order valence-corrected chi connectivity index (χ4v) is 5.52. The number of sulfonamides is 1. The molecular formula is C22H23N7O3S. The van der Waals surface area contributed by atoms with E-state index in [0.717, 1.165) is 11.3 Å². The molecule has 170 valence electrons. The average Bonchev–Trinajstić information content (AvgIpc) is 3.29. The van der Waals surface area contributed by atoms with Crippen LogP contribution in [-0.4, -0.2) is 71.0 Å². The Balaban J connectivity index is 1.37. The number of piperazine rings is 1. The number of para-hydroxylation sites is 1. The number of hydrogen-bond acceptors (Lipinski definition) is 8. The molecule has 0 radical (unpaired) electrons. The number of aromatic nitrogens is 5. The lowest BCUT2D eigenvalue weighted by Crippen LogP contribution is -2.49. The van der Waals surface area contributed by atoms with E-state index in [4.69, 9.17) is 4.74 Å². The van der Waals surface area contributed by atoms with Gasteiger partial charge in [0.15, 0.2) is 17.0 Å². The van der Waals surface area contributed by atoms with Crippen LogP contribution in [0.2, 0.25) is 0 Å². The van der Waals surface area contributed by atoms with Gasteiger partial charge in [0.1, 0.15) is 12.1 Å². The van der Waals surface area contributed by atoms with Gasteiger partial charge in [-0.3, -0.25) is 0 Å². The minimum atomic E-state index is -3.60. The lowest BCUT2D eigenvalue weighted by Gasteiger charge is -2.34. The predicted molar refractivity (Wildman–Crippen MR) is 123 cm³/mol. The molecule has 11 heteroatoms. The second kappa shape index (κ2) is 8.41. The monoisotopic (exact) mass is 465 g/mol. The molecule has 5 rings (SSSR count). The molecule has 4 aromatic rings. The second-order valence-corrected chi connectivity index (χ2v) is 9.67. The van der Waals surface area contributed by atoms with E-state index in [1.807, 2.05) is 42.2 Å². The number of hydrogen-bond donors (Lipinski definition) is 0. The second-order valence-electron chi connectivity index (χ2n) is 7.73. The van der Waals surface area contributed by atoms with Gasteiger partial charge in [-0.2, -0.15) is 8.99 Å². The van der Waals surface area contributed by atoms with Crippen molar-refractivity contribution in [3.05, 3.63) is 60.4 Å². The lowest BCUT2D eigenvalue weighted by molar-refractivity contribution is 0.383. The highest BCUT2D eigenvalue weighted by molar-refractivity contribution is 7.89. The van der Waals surface area contributed by atoms with Gasteiger partial charge in [-0.1, -0.05) is 23.4 Å². The lowest BCUT2D eigenvalue weighted by atomic mass is 10.2. The fraction of sp³-hybridized carbons (Fsp3) is 0.273. The molecule has 1 saturated heterocycles. The number of fused-ring (bicyclic) bond motifs is 1. The van der Waals surface area contributed by atoms with E-state index in [2.05, 4.69) is 20.3 Å². The zero-order valence-corrected chi connectivity index (χ0v) is 19.1. The van der Waals surface area contributed by atoms with Crippen LogP contribution in [0.25, 0.3) is 16.9 Å². The normalized spacial score (nSPS) is 15.2. The zero-order chi connectivity index (χ0) is 23.0. The number of methoxy groups -OCH3 is 1.